The number of amides is 1. The smallest absolute Gasteiger partial charge is 0.226 e. The fourth-order valence-electron chi connectivity index (χ4n) is 3.32. The van der Waals surface area contributed by atoms with Crippen molar-refractivity contribution in [1.29, 1.82) is 0 Å². The summed E-state index contributed by atoms with van der Waals surface area (Å²) in [4.78, 5) is 14.6. The fraction of sp³-hybridized carbons (Fsp3) is 0.750. The van der Waals surface area contributed by atoms with Crippen molar-refractivity contribution in [2.45, 2.75) is 65.5 Å². The SMILES string of the molecule is Cc1n[nH]c(C)c1C[C@H](C)C(=O)N1CCC[C@@H]1C(C)(C)O. The lowest BCUT2D eigenvalue weighted by atomic mass is 9.94. The number of hydrogen-bond acceptors (Lipinski definition) is 3. The van der Waals surface area contributed by atoms with Gasteiger partial charge in [0.2, 0.25) is 5.91 Å². The van der Waals surface area contributed by atoms with E-state index < -0.39 is 5.60 Å². The van der Waals surface area contributed by atoms with E-state index in [9.17, 15) is 9.90 Å². The van der Waals surface area contributed by atoms with E-state index >= 15 is 0 Å². The summed E-state index contributed by atoms with van der Waals surface area (Å²) in [5.74, 6) is 0.0441. The molecule has 0 unspecified atom stereocenters. The molecule has 1 saturated heterocycles. The monoisotopic (exact) mass is 293 g/mol. The Morgan fingerprint density at radius 1 is 1.52 bits per heavy atom. The molecule has 2 rings (SSSR count). The van der Waals surface area contributed by atoms with Gasteiger partial charge in [-0.2, -0.15) is 5.10 Å². The number of nitrogens with zero attached hydrogens (tertiary/aromatic N) is 2. The van der Waals surface area contributed by atoms with Crippen LogP contribution in [-0.4, -0.2) is 44.3 Å². The predicted molar refractivity (Wildman–Crippen MR) is 82.0 cm³/mol. The fourth-order valence-corrected chi connectivity index (χ4v) is 3.32. The molecule has 118 valence electrons. The number of hydrogen-bond donors (Lipinski definition) is 2. The maximum atomic E-state index is 12.7. The number of rotatable bonds is 4. The Labute approximate surface area is 126 Å². The van der Waals surface area contributed by atoms with Crippen molar-refractivity contribution >= 4 is 5.91 Å². The first-order chi connectivity index (χ1) is 9.71. The zero-order chi connectivity index (χ0) is 15.8. The van der Waals surface area contributed by atoms with E-state index in [4.69, 9.17) is 0 Å². The molecule has 0 radical (unpaired) electrons. The van der Waals surface area contributed by atoms with Crippen LogP contribution in [0.3, 0.4) is 0 Å². The molecule has 1 aliphatic heterocycles. The van der Waals surface area contributed by atoms with Gasteiger partial charge >= 0.3 is 0 Å². The molecule has 0 spiro atoms. The van der Waals surface area contributed by atoms with Crippen molar-refractivity contribution in [2.75, 3.05) is 6.54 Å². The summed E-state index contributed by atoms with van der Waals surface area (Å²) in [5, 5.41) is 17.4. The van der Waals surface area contributed by atoms with Crippen LogP contribution < -0.4 is 0 Å². The predicted octanol–water partition coefficient (Wildman–Crippen LogP) is 1.97. The standard InChI is InChI=1S/C16H27N3O2/c1-10(9-13-11(2)17-18-12(13)3)15(20)19-8-6-7-14(19)16(4,5)21/h10,14,21H,6-9H2,1-5H3,(H,17,18)/t10-,14+/m0/s1. The first-order valence-electron chi connectivity index (χ1n) is 7.75. The second-order valence-corrected chi connectivity index (χ2v) is 6.86. The van der Waals surface area contributed by atoms with Crippen molar-refractivity contribution in [3.8, 4) is 0 Å². The average Bonchev–Trinajstić information content (AvgIpc) is 2.99. The van der Waals surface area contributed by atoms with E-state index in [0.717, 1.165) is 36.3 Å². The summed E-state index contributed by atoms with van der Waals surface area (Å²) >= 11 is 0. The van der Waals surface area contributed by atoms with E-state index in [2.05, 4.69) is 10.2 Å². The second kappa shape index (κ2) is 5.79. The molecule has 0 saturated carbocycles. The number of aryl methyl sites for hydroxylation is 2. The maximum absolute atomic E-state index is 12.7. The highest BCUT2D eigenvalue weighted by Crippen LogP contribution is 2.29. The van der Waals surface area contributed by atoms with Crippen LogP contribution in [0.2, 0.25) is 0 Å². The van der Waals surface area contributed by atoms with E-state index in [-0.39, 0.29) is 17.9 Å². The third kappa shape index (κ3) is 3.28. The van der Waals surface area contributed by atoms with Crippen molar-refractivity contribution < 1.29 is 9.90 Å². The molecule has 1 amide bonds. The Morgan fingerprint density at radius 3 is 2.71 bits per heavy atom. The second-order valence-electron chi connectivity index (χ2n) is 6.86. The zero-order valence-corrected chi connectivity index (χ0v) is 13.7. The molecule has 21 heavy (non-hydrogen) atoms. The first kappa shape index (κ1) is 16.0. The van der Waals surface area contributed by atoms with Crippen LogP contribution in [0.25, 0.3) is 0 Å². The molecule has 2 atom stereocenters. The van der Waals surface area contributed by atoms with Gasteiger partial charge in [-0.25, -0.2) is 0 Å². The van der Waals surface area contributed by atoms with Crippen LogP contribution in [-0.2, 0) is 11.2 Å². The number of nitrogens with one attached hydrogen (secondary N) is 1. The Hall–Kier alpha value is -1.36. The highest BCUT2D eigenvalue weighted by atomic mass is 16.3. The number of carbonyl (C=O) groups excluding carboxylic acids is 1. The summed E-state index contributed by atoms with van der Waals surface area (Å²) in [5.41, 5.74) is 2.29. The topological polar surface area (TPSA) is 69.2 Å². The van der Waals surface area contributed by atoms with E-state index in [1.54, 1.807) is 13.8 Å². The zero-order valence-electron chi connectivity index (χ0n) is 13.7. The number of likely N-dealkylation sites (tertiary alicyclic amines) is 1. The van der Waals surface area contributed by atoms with E-state index in [1.807, 2.05) is 25.7 Å². The Bertz CT molecular complexity index is 497. The van der Waals surface area contributed by atoms with Crippen LogP contribution in [0.5, 0.6) is 0 Å². The van der Waals surface area contributed by atoms with Gasteiger partial charge < -0.3 is 10.0 Å². The van der Waals surface area contributed by atoms with Gasteiger partial charge in [0, 0.05) is 18.2 Å². The van der Waals surface area contributed by atoms with Gasteiger partial charge in [-0.3, -0.25) is 9.89 Å². The number of aliphatic hydroxyl groups is 1. The molecule has 5 heteroatoms. The third-order valence-electron chi connectivity index (χ3n) is 4.56. The van der Waals surface area contributed by atoms with Crippen LogP contribution in [0, 0.1) is 19.8 Å². The van der Waals surface area contributed by atoms with Gasteiger partial charge in [0.05, 0.1) is 17.3 Å². The van der Waals surface area contributed by atoms with Gasteiger partial charge in [0.25, 0.3) is 0 Å². The molecule has 1 aromatic rings. The molecular weight excluding hydrogens is 266 g/mol. The Balaban J connectivity index is 2.09. The molecule has 5 nitrogen and oxygen atoms in total. The Morgan fingerprint density at radius 2 is 2.19 bits per heavy atom. The molecule has 2 N–H and O–H groups in total. The number of aromatic amines is 1. The van der Waals surface area contributed by atoms with Crippen LogP contribution >= 0.6 is 0 Å². The number of carbonyl (C=O) groups is 1. The van der Waals surface area contributed by atoms with Gasteiger partial charge in [0.15, 0.2) is 0 Å². The van der Waals surface area contributed by atoms with Crippen molar-refractivity contribution in [2.24, 2.45) is 5.92 Å². The summed E-state index contributed by atoms with van der Waals surface area (Å²) in [6.07, 6.45) is 2.55. The molecule has 1 fully saturated rings. The van der Waals surface area contributed by atoms with Gasteiger partial charge in [-0.05, 0) is 52.5 Å². The molecule has 1 aliphatic rings. The van der Waals surface area contributed by atoms with Crippen LogP contribution in [0.15, 0.2) is 0 Å². The molecule has 0 aromatic carbocycles. The van der Waals surface area contributed by atoms with Crippen LogP contribution in [0.1, 0.15) is 50.6 Å². The molecule has 2 heterocycles. The summed E-state index contributed by atoms with van der Waals surface area (Å²) < 4.78 is 0. The summed E-state index contributed by atoms with van der Waals surface area (Å²) in [6.45, 7) is 10.2. The highest BCUT2D eigenvalue weighted by Gasteiger charge is 2.39. The van der Waals surface area contributed by atoms with Crippen molar-refractivity contribution in [1.82, 2.24) is 15.1 Å². The maximum Gasteiger partial charge on any atom is 0.226 e. The quantitative estimate of drug-likeness (QED) is 0.891. The summed E-state index contributed by atoms with van der Waals surface area (Å²) in [6, 6.07) is -0.0704. The highest BCUT2D eigenvalue weighted by molar-refractivity contribution is 5.79. The average molecular weight is 293 g/mol. The van der Waals surface area contributed by atoms with E-state index in [1.165, 1.54) is 0 Å². The first-order valence-corrected chi connectivity index (χ1v) is 7.75. The lowest BCUT2D eigenvalue weighted by Gasteiger charge is -2.35. The number of aromatic nitrogens is 2. The molecular formula is C16H27N3O2. The molecule has 0 bridgehead atoms. The molecule has 1 aromatic heterocycles. The largest absolute Gasteiger partial charge is 0.388 e. The normalized spacial score (nSPS) is 20.9. The summed E-state index contributed by atoms with van der Waals surface area (Å²) in [7, 11) is 0. The number of H-pyrrole nitrogens is 1. The van der Waals surface area contributed by atoms with Crippen LogP contribution in [0.4, 0.5) is 0 Å². The lowest BCUT2D eigenvalue weighted by molar-refractivity contribution is -0.140. The van der Waals surface area contributed by atoms with Gasteiger partial charge in [0.1, 0.15) is 0 Å². The van der Waals surface area contributed by atoms with Gasteiger partial charge in [-0.1, -0.05) is 6.92 Å². The third-order valence-corrected chi connectivity index (χ3v) is 4.56. The van der Waals surface area contributed by atoms with Crippen molar-refractivity contribution in [3.63, 3.8) is 0 Å². The van der Waals surface area contributed by atoms with Gasteiger partial charge in [-0.15, -0.1) is 0 Å². The lowest BCUT2D eigenvalue weighted by Crippen LogP contribution is -2.49. The van der Waals surface area contributed by atoms with Crippen molar-refractivity contribution in [3.05, 3.63) is 17.0 Å². The Kier molecular flexibility index (Phi) is 4.42. The minimum atomic E-state index is -0.840. The molecule has 0 aliphatic carbocycles. The van der Waals surface area contributed by atoms with E-state index in [0.29, 0.717) is 6.42 Å². The minimum absolute atomic E-state index is 0.0704. The minimum Gasteiger partial charge on any atom is -0.388 e.